The highest BCUT2D eigenvalue weighted by molar-refractivity contribution is 5.71. The molecule has 0 radical (unpaired) electrons. The van der Waals surface area contributed by atoms with Crippen molar-refractivity contribution in [2.45, 2.75) is 6.42 Å². The van der Waals surface area contributed by atoms with Crippen molar-refractivity contribution in [3.63, 3.8) is 0 Å². The zero-order valence-electron chi connectivity index (χ0n) is 19.3. The quantitative estimate of drug-likeness (QED) is 0.405. The highest BCUT2D eigenvalue weighted by Crippen LogP contribution is 2.39. The molecule has 11 nitrogen and oxygen atoms in total. The Hall–Kier alpha value is -3.99. The van der Waals surface area contributed by atoms with Crippen LogP contribution < -0.4 is 24.4 Å². The number of nitrogens with zero attached hydrogens (tertiary/aromatic N) is 6. The summed E-state index contributed by atoms with van der Waals surface area (Å²) in [6, 6.07) is 7.62. The molecule has 0 amide bonds. The Kier molecular flexibility index (Phi) is 5.84. The van der Waals surface area contributed by atoms with Gasteiger partial charge in [0.25, 0.3) is 0 Å². The summed E-state index contributed by atoms with van der Waals surface area (Å²) in [7, 11) is 4.73. The molecule has 4 heterocycles. The highest BCUT2D eigenvalue weighted by atomic mass is 16.5. The summed E-state index contributed by atoms with van der Waals surface area (Å²) in [6.45, 7) is 1.80. The minimum absolute atomic E-state index is 0.183. The number of hydrogen-bond acceptors (Lipinski definition) is 9. The lowest BCUT2D eigenvalue weighted by Crippen LogP contribution is -2.23. The smallest absolute Gasteiger partial charge is 0.248 e. The number of anilines is 3. The van der Waals surface area contributed by atoms with Gasteiger partial charge in [-0.2, -0.15) is 4.98 Å². The number of methoxy groups -OCH3 is 3. The summed E-state index contributed by atoms with van der Waals surface area (Å²) in [5.74, 6) is 3.74. The third-order valence-corrected chi connectivity index (χ3v) is 5.99. The maximum absolute atomic E-state index is 9.53. The van der Waals surface area contributed by atoms with Crippen LogP contribution in [0, 0.1) is 5.92 Å². The van der Waals surface area contributed by atoms with Crippen LogP contribution in [0.5, 0.6) is 17.2 Å². The number of benzene rings is 1. The number of aliphatic hydroxyl groups is 1. The molecule has 3 aromatic heterocycles. The molecule has 2 N–H and O–H groups in total. The van der Waals surface area contributed by atoms with Gasteiger partial charge in [0.15, 0.2) is 23.1 Å². The number of aromatic nitrogens is 5. The summed E-state index contributed by atoms with van der Waals surface area (Å²) in [4.78, 5) is 11.4. The van der Waals surface area contributed by atoms with Crippen LogP contribution in [-0.2, 0) is 0 Å². The van der Waals surface area contributed by atoms with Gasteiger partial charge < -0.3 is 34.1 Å². The molecule has 11 heteroatoms. The van der Waals surface area contributed by atoms with E-state index in [1.807, 2.05) is 41.2 Å². The number of rotatable bonds is 8. The Bertz CT molecular complexity index is 1280. The van der Waals surface area contributed by atoms with Gasteiger partial charge in [-0.3, -0.25) is 0 Å². The van der Waals surface area contributed by atoms with Gasteiger partial charge in [-0.1, -0.05) is 0 Å². The van der Waals surface area contributed by atoms with Gasteiger partial charge in [-0.25, -0.2) is 9.50 Å². The lowest BCUT2D eigenvalue weighted by molar-refractivity contribution is 0.238. The van der Waals surface area contributed by atoms with E-state index in [4.69, 9.17) is 19.2 Å². The first-order valence-corrected chi connectivity index (χ1v) is 11.0. The molecule has 0 saturated carbocycles. The van der Waals surface area contributed by atoms with Crippen molar-refractivity contribution in [2.24, 2.45) is 5.92 Å². The zero-order valence-corrected chi connectivity index (χ0v) is 19.3. The summed E-state index contributed by atoms with van der Waals surface area (Å²) in [6.07, 6.45) is 6.35. The third kappa shape index (κ3) is 3.94. The lowest BCUT2D eigenvalue weighted by atomic mass is 10.1. The van der Waals surface area contributed by atoms with Crippen molar-refractivity contribution in [3.05, 3.63) is 43.0 Å². The van der Waals surface area contributed by atoms with E-state index in [0.717, 1.165) is 36.5 Å². The Morgan fingerprint density at radius 3 is 2.62 bits per heavy atom. The van der Waals surface area contributed by atoms with Crippen molar-refractivity contribution in [3.8, 4) is 22.9 Å². The molecular formula is C23H27N7O4. The van der Waals surface area contributed by atoms with Crippen LogP contribution in [0.2, 0.25) is 0 Å². The standard InChI is InChI=1S/C23H27N7O4/c1-32-18-9-16(10-19(33-2)21(18)34-3)29-12-20(24-14-29)25-23-26-22(17-5-4-7-30(17)27-23)28-8-6-15(11-28)13-31/h4-5,7,9-10,12,14-15,31H,6,8,11,13H2,1-3H3,(H,25,27). The first-order chi connectivity index (χ1) is 16.6. The van der Waals surface area contributed by atoms with Gasteiger partial charge in [-0.15, -0.1) is 5.10 Å². The van der Waals surface area contributed by atoms with Crippen LogP contribution in [0.4, 0.5) is 17.6 Å². The first-order valence-electron chi connectivity index (χ1n) is 11.0. The van der Waals surface area contributed by atoms with Gasteiger partial charge >= 0.3 is 0 Å². The second-order valence-corrected chi connectivity index (χ2v) is 8.06. The fraction of sp³-hybridized carbons (Fsp3) is 0.348. The number of fused-ring (bicyclic) bond motifs is 1. The molecule has 1 aliphatic heterocycles. The molecule has 5 rings (SSSR count). The molecule has 1 unspecified atom stereocenters. The Balaban J connectivity index is 1.44. The summed E-state index contributed by atoms with van der Waals surface area (Å²) >= 11 is 0. The van der Waals surface area contributed by atoms with E-state index >= 15 is 0 Å². The third-order valence-electron chi connectivity index (χ3n) is 5.99. The van der Waals surface area contributed by atoms with Crippen molar-refractivity contribution in [1.82, 2.24) is 24.1 Å². The normalized spacial score (nSPS) is 15.6. The van der Waals surface area contributed by atoms with Crippen LogP contribution in [-0.4, -0.2) is 70.3 Å². The van der Waals surface area contributed by atoms with E-state index < -0.39 is 0 Å². The van der Waals surface area contributed by atoms with Gasteiger partial charge in [0, 0.05) is 43.9 Å². The fourth-order valence-corrected chi connectivity index (χ4v) is 4.24. The molecule has 34 heavy (non-hydrogen) atoms. The fourth-order valence-electron chi connectivity index (χ4n) is 4.24. The van der Waals surface area contributed by atoms with Gasteiger partial charge in [0.05, 0.1) is 33.2 Å². The maximum atomic E-state index is 9.53. The molecule has 1 aromatic carbocycles. The molecule has 1 aliphatic rings. The molecule has 1 saturated heterocycles. The highest BCUT2D eigenvalue weighted by Gasteiger charge is 2.25. The molecular weight excluding hydrogens is 438 g/mol. The van der Waals surface area contributed by atoms with Gasteiger partial charge in [0.2, 0.25) is 11.7 Å². The monoisotopic (exact) mass is 465 g/mol. The minimum Gasteiger partial charge on any atom is -0.493 e. The summed E-state index contributed by atoms with van der Waals surface area (Å²) in [5, 5.41) is 17.3. The zero-order chi connectivity index (χ0) is 23.7. The number of ether oxygens (including phenoxy) is 3. The van der Waals surface area contributed by atoms with Crippen LogP contribution in [0.15, 0.2) is 43.0 Å². The van der Waals surface area contributed by atoms with E-state index in [9.17, 15) is 5.11 Å². The largest absolute Gasteiger partial charge is 0.493 e. The minimum atomic E-state index is 0.183. The first kappa shape index (κ1) is 21.8. The Morgan fingerprint density at radius 1 is 1.15 bits per heavy atom. The van der Waals surface area contributed by atoms with Crippen LogP contribution in [0.25, 0.3) is 11.2 Å². The van der Waals surface area contributed by atoms with E-state index in [1.165, 1.54) is 0 Å². The lowest BCUT2D eigenvalue weighted by Gasteiger charge is -2.19. The van der Waals surface area contributed by atoms with Gasteiger partial charge in [0.1, 0.15) is 11.8 Å². The topological polar surface area (TPSA) is 111 Å². The second kappa shape index (κ2) is 9.10. The molecule has 0 bridgehead atoms. The molecule has 178 valence electrons. The van der Waals surface area contributed by atoms with E-state index in [-0.39, 0.29) is 12.5 Å². The van der Waals surface area contributed by atoms with Crippen LogP contribution in [0.1, 0.15) is 6.42 Å². The Morgan fingerprint density at radius 2 is 1.94 bits per heavy atom. The van der Waals surface area contributed by atoms with Crippen molar-refractivity contribution in [1.29, 1.82) is 0 Å². The average molecular weight is 466 g/mol. The maximum Gasteiger partial charge on any atom is 0.248 e. The SMILES string of the molecule is COc1cc(-n2cnc(Nc3nc(N4CCC(CO)C4)c4cccn4n3)c2)cc(OC)c1OC. The predicted molar refractivity (Wildman–Crippen MR) is 127 cm³/mol. The molecule has 1 atom stereocenters. The average Bonchev–Trinajstić information content (AvgIpc) is 3.63. The van der Waals surface area contributed by atoms with Crippen LogP contribution >= 0.6 is 0 Å². The number of nitrogens with one attached hydrogen (secondary N) is 1. The van der Waals surface area contributed by atoms with Crippen molar-refractivity contribution >= 4 is 23.1 Å². The summed E-state index contributed by atoms with van der Waals surface area (Å²) in [5.41, 5.74) is 1.72. The van der Waals surface area contributed by atoms with Crippen molar-refractivity contribution < 1.29 is 19.3 Å². The molecule has 0 aliphatic carbocycles. The molecule has 0 spiro atoms. The Labute approximate surface area is 196 Å². The predicted octanol–water partition coefficient (Wildman–Crippen LogP) is 2.50. The van der Waals surface area contributed by atoms with E-state index in [0.29, 0.717) is 29.0 Å². The second-order valence-electron chi connectivity index (χ2n) is 8.06. The van der Waals surface area contributed by atoms with Gasteiger partial charge in [-0.05, 0) is 18.6 Å². The number of aliphatic hydroxyl groups excluding tert-OH is 1. The van der Waals surface area contributed by atoms with E-state index in [2.05, 4.69) is 20.3 Å². The van der Waals surface area contributed by atoms with Crippen molar-refractivity contribution in [2.75, 3.05) is 51.2 Å². The molecule has 1 fully saturated rings. The molecule has 4 aromatic rings. The van der Waals surface area contributed by atoms with E-state index in [1.54, 1.807) is 32.2 Å². The number of imidazole rings is 1. The number of hydrogen-bond donors (Lipinski definition) is 2. The summed E-state index contributed by atoms with van der Waals surface area (Å²) < 4.78 is 20.0. The van der Waals surface area contributed by atoms with Crippen LogP contribution in [0.3, 0.4) is 0 Å².